The fraction of sp³-hybridized carbons (Fsp3) is 0.364. The van der Waals surface area contributed by atoms with E-state index in [9.17, 15) is 13.2 Å². The molecule has 0 aliphatic heterocycles. The SMILES string of the molecule is CC(CCNC(=O)C=Cc1ccc[nH]1)S(=O)(=O)O. The Labute approximate surface area is 106 Å². The van der Waals surface area contributed by atoms with Crippen molar-refractivity contribution in [2.24, 2.45) is 0 Å². The Morgan fingerprint density at radius 2 is 2.33 bits per heavy atom. The normalized spacial score (nSPS) is 13.7. The molecule has 0 radical (unpaired) electrons. The monoisotopic (exact) mass is 272 g/mol. The van der Waals surface area contributed by atoms with E-state index in [1.54, 1.807) is 12.3 Å². The maximum Gasteiger partial charge on any atom is 0.267 e. The minimum Gasteiger partial charge on any atom is -0.362 e. The number of carbonyl (C=O) groups is 1. The van der Waals surface area contributed by atoms with E-state index in [1.165, 1.54) is 13.0 Å². The Bertz CT molecular complexity index is 505. The third-order valence-electron chi connectivity index (χ3n) is 2.39. The van der Waals surface area contributed by atoms with E-state index in [0.717, 1.165) is 5.69 Å². The second-order valence-electron chi connectivity index (χ2n) is 3.86. The number of hydrogen-bond acceptors (Lipinski definition) is 3. The molecule has 100 valence electrons. The summed E-state index contributed by atoms with van der Waals surface area (Å²) in [5.74, 6) is -0.313. The Morgan fingerprint density at radius 3 is 2.89 bits per heavy atom. The van der Waals surface area contributed by atoms with Gasteiger partial charge in [-0.3, -0.25) is 9.35 Å². The van der Waals surface area contributed by atoms with Crippen molar-refractivity contribution >= 4 is 22.1 Å². The molecule has 0 fully saturated rings. The third kappa shape index (κ3) is 5.15. The highest BCUT2D eigenvalue weighted by atomic mass is 32.2. The molecule has 0 aromatic carbocycles. The highest BCUT2D eigenvalue weighted by Gasteiger charge is 2.16. The fourth-order valence-corrected chi connectivity index (χ4v) is 1.64. The van der Waals surface area contributed by atoms with Crippen molar-refractivity contribution in [3.8, 4) is 0 Å². The van der Waals surface area contributed by atoms with Gasteiger partial charge in [-0.1, -0.05) is 0 Å². The molecule has 1 atom stereocenters. The zero-order valence-electron chi connectivity index (χ0n) is 9.96. The standard InChI is InChI=1S/C11H16N2O4S/c1-9(18(15,16)17)6-8-13-11(14)5-4-10-3-2-7-12-10/h2-5,7,9,12H,6,8H2,1H3,(H,13,14)(H,15,16,17). The lowest BCUT2D eigenvalue weighted by atomic mass is 10.3. The molecule has 0 saturated heterocycles. The van der Waals surface area contributed by atoms with Crippen LogP contribution in [0, 0.1) is 0 Å². The summed E-state index contributed by atoms with van der Waals surface area (Å²) < 4.78 is 30.1. The van der Waals surface area contributed by atoms with E-state index in [4.69, 9.17) is 4.55 Å². The van der Waals surface area contributed by atoms with Crippen molar-refractivity contribution < 1.29 is 17.8 Å². The van der Waals surface area contributed by atoms with Crippen LogP contribution in [0.2, 0.25) is 0 Å². The first-order valence-electron chi connectivity index (χ1n) is 5.45. The molecule has 1 rings (SSSR count). The van der Waals surface area contributed by atoms with Crippen LogP contribution in [0.3, 0.4) is 0 Å². The summed E-state index contributed by atoms with van der Waals surface area (Å²) in [5, 5.41) is 1.65. The maximum absolute atomic E-state index is 11.3. The number of aromatic nitrogens is 1. The number of carbonyl (C=O) groups excluding carboxylic acids is 1. The van der Waals surface area contributed by atoms with Gasteiger partial charge in [0.15, 0.2) is 0 Å². The summed E-state index contributed by atoms with van der Waals surface area (Å²) in [6.07, 6.45) is 4.87. The average molecular weight is 272 g/mol. The van der Waals surface area contributed by atoms with E-state index in [-0.39, 0.29) is 18.9 Å². The summed E-state index contributed by atoms with van der Waals surface area (Å²) >= 11 is 0. The van der Waals surface area contributed by atoms with Crippen LogP contribution in [-0.4, -0.2) is 35.7 Å². The second kappa shape index (κ2) is 6.36. The zero-order chi connectivity index (χ0) is 13.6. The van der Waals surface area contributed by atoms with Gasteiger partial charge in [0.05, 0.1) is 5.25 Å². The average Bonchev–Trinajstić information content (AvgIpc) is 2.77. The summed E-state index contributed by atoms with van der Waals surface area (Å²) in [5.41, 5.74) is 0.802. The van der Waals surface area contributed by atoms with Crippen molar-refractivity contribution in [1.82, 2.24) is 10.3 Å². The molecule has 0 spiro atoms. The van der Waals surface area contributed by atoms with Crippen LogP contribution < -0.4 is 5.32 Å². The quantitative estimate of drug-likeness (QED) is 0.527. The van der Waals surface area contributed by atoms with Gasteiger partial charge in [0.25, 0.3) is 10.1 Å². The Hall–Kier alpha value is -1.60. The molecule has 6 nitrogen and oxygen atoms in total. The lowest BCUT2D eigenvalue weighted by Gasteiger charge is -2.07. The van der Waals surface area contributed by atoms with Gasteiger partial charge < -0.3 is 10.3 Å². The molecule has 0 bridgehead atoms. The number of amides is 1. The Morgan fingerprint density at radius 1 is 1.61 bits per heavy atom. The lowest BCUT2D eigenvalue weighted by molar-refractivity contribution is -0.116. The summed E-state index contributed by atoms with van der Waals surface area (Å²) in [6.45, 7) is 1.57. The largest absolute Gasteiger partial charge is 0.362 e. The van der Waals surface area contributed by atoms with Crippen molar-refractivity contribution in [1.29, 1.82) is 0 Å². The molecule has 7 heteroatoms. The first kappa shape index (κ1) is 14.5. The summed E-state index contributed by atoms with van der Waals surface area (Å²) in [4.78, 5) is 14.3. The lowest BCUT2D eigenvalue weighted by Crippen LogP contribution is -2.27. The van der Waals surface area contributed by atoms with E-state index < -0.39 is 15.4 Å². The van der Waals surface area contributed by atoms with Gasteiger partial charge in [-0.15, -0.1) is 0 Å². The van der Waals surface area contributed by atoms with Crippen LogP contribution in [0.15, 0.2) is 24.4 Å². The van der Waals surface area contributed by atoms with Gasteiger partial charge in [-0.05, 0) is 31.6 Å². The molecule has 1 heterocycles. The van der Waals surface area contributed by atoms with Gasteiger partial charge >= 0.3 is 0 Å². The number of hydrogen-bond donors (Lipinski definition) is 3. The molecular weight excluding hydrogens is 256 g/mol. The van der Waals surface area contributed by atoms with Gasteiger partial charge in [-0.25, -0.2) is 0 Å². The predicted molar refractivity (Wildman–Crippen MR) is 68.5 cm³/mol. The minimum absolute atomic E-state index is 0.168. The van der Waals surface area contributed by atoms with Crippen molar-refractivity contribution in [2.45, 2.75) is 18.6 Å². The van der Waals surface area contributed by atoms with Crippen molar-refractivity contribution in [2.75, 3.05) is 6.54 Å². The molecule has 18 heavy (non-hydrogen) atoms. The van der Waals surface area contributed by atoms with Crippen LogP contribution in [-0.2, 0) is 14.9 Å². The van der Waals surface area contributed by atoms with Gasteiger partial charge in [0.1, 0.15) is 0 Å². The first-order valence-corrected chi connectivity index (χ1v) is 6.95. The van der Waals surface area contributed by atoms with E-state index in [1.807, 2.05) is 12.1 Å². The zero-order valence-corrected chi connectivity index (χ0v) is 10.8. The van der Waals surface area contributed by atoms with Gasteiger partial charge in [0, 0.05) is 24.5 Å². The van der Waals surface area contributed by atoms with E-state index >= 15 is 0 Å². The molecule has 1 amide bonds. The van der Waals surface area contributed by atoms with Crippen LogP contribution in [0.25, 0.3) is 6.08 Å². The van der Waals surface area contributed by atoms with Crippen LogP contribution in [0.5, 0.6) is 0 Å². The molecule has 1 unspecified atom stereocenters. The van der Waals surface area contributed by atoms with E-state index in [0.29, 0.717) is 0 Å². The number of nitrogens with one attached hydrogen (secondary N) is 2. The highest BCUT2D eigenvalue weighted by Crippen LogP contribution is 2.01. The van der Waals surface area contributed by atoms with Crippen LogP contribution in [0.4, 0.5) is 0 Å². The molecule has 0 aliphatic rings. The number of rotatable bonds is 6. The topological polar surface area (TPSA) is 99.3 Å². The molecule has 0 saturated carbocycles. The Kier molecular flexibility index (Phi) is 5.11. The van der Waals surface area contributed by atoms with E-state index in [2.05, 4.69) is 10.3 Å². The number of H-pyrrole nitrogens is 1. The predicted octanol–water partition coefficient (Wildman–Crippen LogP) is 0.810. The van der Waals surface area contributed by atoms with Crippen molar-refractivity contribution in [3.05, 3.63) is 30.1 Å². The summed E-state index contributed by atoms with van der Waals surface area (Å²) in [7, 11) is -4.02. The molecule has 0 aliphatic carbocycles. The number of aromatic amines is 1. The first-order chi connectivity index (χ1) is 8.39. The molecule has 1 aromatic heterocycles. The summed E-state index contributed by atoms with van der Waals surface area (Å²) in [6, 6.07) is 3.62. The molecular formula is C11H16N2O4S. The molecule has 3 N–H and O–H groups in total. The van der Waals surface area contributed by atoms with Crippen molar-refractivity contribution in [3.63, 3.8) is 0 Å². The fourth-order valence-electron chi connectivity index (χ4n) is 1.22. The maximum atomic E-state index is 11.3. The molecule has 1 aromatic rings. The van der Waals surface area contributed by atoms with Gasteiger partial charge in [0.2, 0.25) is 5.91 Å². The minimum atomic E-state index is -4.02. The van der Waals surface area contributed by atoms with Crippen LogP contribution >= 0.6 is 0 Å². The highest BCUT2D eigenvalue weighted by molar-refractivity contribution is 7.86. The van der Waals surface area contributed by atoms with Crippen LogP contribution in [0.1, 0.15) is 19.0 Å². The third-order valence-corrected chi connectivity index (χ3v) is 3.65. The van der Waals surface area contributed by atoms with Gasteiger partial charge in [-0.2, -0.15) is 8.42 Å². The Balaban J connectivity index is 2.30. The smallest absolute Gasteiger partial charge is 0.267 e. The second-order valence-corrected chi connectivity index (χ2v) is 5.70.